The Morgan fingerprint density at radius 2 is 1.80 bits per heavy atom. The van der Waals surface area contributed by atoms with Crippen LogP contribution >= 0.6 is 0 Å². The molecule has 118 valence electrons. The van der Waals surface area contributed by atoms with Gasteiger partial charge < -0.3 is 10.1 Å². The first kappa shape index (κ1) is 16.3. The third kappa shape index (κ3) is 4.21. The molecule has 20 heavy (non-hydrogen) atoms. The molecule has 2 rings (SSSR count). The Morgan fingerprint density at radius 3 is 2.45 bits per heavy atom. The predicted octanol–water partition coefficient (Wildman–Crippen LogP) is 4.24. The SMILES string of the molecule is CC(C)CNCC(C)C(C)C1CCOC2(CCCC2)C1. The molecule has 0 aromatic rings. The molecule has 1 aliphatic heterocycles. The molecule has 3 atom stereocenters. The van der Waals surface area contributed by atoms with Crippen LogP contribution in [-0.2, 0) is 4.74 Å². The topological polar surface area (TPSA) is 21.3 Å². The maximum atomic E-state index is 6.18. The summed E-state index contributed by atoms with van der Waals surface area (Å²) in [7, 11) is 0. The van der Waals surface area contributed by atoms with E-state index in [2.05, 4.69) is 33.0 Å². The van der Waals surface area contributed by atoms with E-state index in [1.807, 2.05) is 0 Å². The largest absolute Gasteiger partial charge is 0.375 e. The van der Waals surface area contributed by atoms with E-state index >= 15 is 0 Å². The molecule has 2 aliphatic rings. The highest BCUT2D eigenvalue weighted by Crippen LogP contribution is 2.44. The molecule has 2 fully saturated rings. The molecule has 1 saturated heterocycles. The number of ether oxygens (including phenoxy) is 1. The van der Waals surface area contributed by atoms with Crippen LogP contribution in [0.1, 0.15) is 66.2 Å². The van der Waals surface area contributed by atoms with Crippen LogP contribution in [0.2, 0.25) is 0 Å². The van der Waals surface area contributed by atoms with E-state index in [1.54, 1.807) is 0 Å². The summed E-state index contributed by atoms with van der Waals surface area (Å²) in [5.74, 6) is 3.21. The van der Waals surface area contributed by atoms with Gasteiger partial charge in [-0.05, 0) is 62.4 Å². The highest BCUT2D eigenvalue weighted by molar-refractivity contribution is 4.93. The van der Waals surface area contributed by atoms with Gasteiger partial charge in [0.2, 0.25) is 0 Å². The van der Waals surface area contributed by atoms with E-state index in [0.717, 1.165) is 36.8 Å². The summed E-state index contributed by atoms with van der Waals surface area (Å²) in [6, 6.07) is 0. The minimum atomic E-state index is 0.280. The lowest BCUT2D eigenvalue weighted by atomic mass is 9.74. The van der Waals surface area contributed by atoms with Gasteiger partial charge in [0, 0.05) is 6.61 Å². The summed E-state index contributed by atoms with van der Waals surface area (Å²) in [6.45, 7) is 12.8. The molecule has 1 aliphatic carbocycles. The number of hydrogen-bond acceptors (Lipinski definition) is 2. The average Bonchev–Trinajstić information content (AvgIpc) is 2.85. The van der Waals surface area contributed by atoms with Crippen molar-refractivity contribution in [3.63, 3.8) is 0 Å². The fourth-order valence-electron chi connectivity index (χ4n) is 4.13. The lowest BCUT2D eigenvalue weighted by Gasteiger charge is -2.42. The summed E-state index contributed by atoms with van der Waals surface area (Å²) in [4.78, 5) is 0. The Hall–Kier alpha value is -0.0800. The maximum Gasteiger partial charge on any atom is 0.0685 e. The van der Waals surface area contributed by atoms with Crippen LogP contribution in [0.4, 0.5) is 0 Å². The molecule has 2 heteroatoms. The second kappa shape index (κ2) is 7.26. The third-order valence-electron chi connectivity index (χ3n) is 5.71. The minimum Gasteiger partial charge on any atom is -0.375 e. The van der Waals surface area contributed by atoms with Crippen LogP contribution in [0.15, 0.2) is 0 Å². The van der Waals surface area contributed by atoms with Crippen molar-refractivity contribution in [1.29, 1.82) is 0 Å². The number of hydrogen-bond donors (Lipinski definition) is 1. The van der Waals surface area contributed by atoms with Crippen molar-refractivity contribution in [2.75, 3.05) is 19.7 Å². The summed E-state index contributed by atoms with van der Waals surface area (Å²) in [5, 5.41) is 3.63. The summed E-state index contributed by atoms with van der Waals surface area (Å²) in [5.41, 5.74) is 0.280. The van der Waals surface area contributed by atoms with Gasteiger partial charge >= 0.3 is 0 Å². The molecule has 1 heterocycles. The highest BCUT2D eigenvalue weighted by atomic mass is 16.5. The Balaban J connectivity index is 1.80. The number of rotatable bonds is 6. The molecule has 2 nitrogen and oxygen atoms in total. The van der Waals surface area contributed by atoms with Gasteiger partial charge in [0.25, 0.3) is 0 Å². The Labute approximate surface area is 126 Å². The Kier molecular flexibility index (Phi) is 5.92. The lowest BCUT2D eigenvalue weighted by molar-refractivity contribution is -0.104. The van der Waals surface area contributed by atoms with Gasteiger partial charge in [0.05, 0.1) is 5.60 Å². The van der Waals surface area contributed by atoms with Crippen LogP contribution in [-0.4, -0.2) is 25.3 Å². The molecule has 0 radical (unpaired) electrons. The van der Waals surface area contributed by atoms with Gasteiger partial charge in [-0.15, -0.1) is 0 Å². The fraction of sp³-hybridized carbons (Fsp3) is 1.00. The summed E-state index contributed by atoms with van der Waals surface area (Å²) in [6.07, 6.45) is 7.99. The molecular formula is C18H35NO. The van der Waals surface area contributed by atoms with E-state index in [0.29, 0.717) is 0 Å². The van der Waals surface area contributed by atoms with Crippen molar-refractivity contribution in [1.82, 2.24) is 5.32 Å². The van der Waals surface area contributed by atoms with Crippen molar-refractivity contribution in [3.8, 4) is 0 Å². The first-order valence-electron chi connectivity index (χ1n) is 8.87. The fourth-order valence-corrected chi connectivity index (χ4v) is 4.13. The van der Waals surface area contributed by atoms with Crippen LogP contribution in [0.5, 0.6) is 0 Å². The van der Waals surface area contributed by atoms with Gasteiger partial charge in [-0.2, -0.15) is 0 Å². The third-order valence-corrected chi connectivity index (χ3v) is 5.71. The Morgan fingerprint density at radius 1 is 1.10 bits per heavy atom. The zero-order valence-electron chi connectivity index (χ0n) is 14.1. The quantitative estimate of drug-likeness (QED) is 0.786. The maximum absolute atomic E-state index is 6.18. The summed E-state index contributed by atoms with van der Waals surface area (Å²) >= 11 is 0. The van der Waals surface area contributed by atoms with E-state index in [4.69, 9.17) is 4.74 Å². The van der Waals surface area contributed by atoms with Crippen LogP contribution in [0, 0.1) is 23.7 Å². The smallest absolute Gasteiger partial charge is 0.0685 e. The molecule has 1 saturated carbocycles. The molecular weight excluding hydrogens is 246 g/mol. The van der Waals surface area contributed by atoms with Gasteiger partial charge in [-0.3, -0.25) is 0 Å². The van der Waals surface area contributed by atoms with Crippen LogP contribution in [0.3, 0.4) is 0 Å². The molecule has 1 N–H and O–H groups in total. The monoisotopic (exact) mass is 281 g/mol. The first-order chi connectivity index (χ1) is 9.52. The second-order valence-corrected chi connectivity index (χ2v) is 7.88. The molecule has 0 aromatic carbocycles. The summed E-state index contributed by atoms with van der Waals surface area (Å²) < 4.78 is 6.18. The zero-order valence-corrected chi connectivity index (χ0v) is 14.1. The van der Waals surface area contributed by atoms with E-state index in [9.17, 15) is 0 Å². The predicted molar refractivity (Wildman–Crippen MR) is 85.9 cm³/mol. The van der Waals surface area contributed by atoms with E-state index in [1.165, 1.54) is 45.1 Å². The average molecular weight is 281 g/mol. The van der Waals surface area contributed by atoms with Crippen molar-refractivity contribution in [2.24, 2.45) is 23.7 Å². The Bertz CT molecular complexity index is 283. The van der Waals surface area contributed by atoms with Crippen molar-refractivity contribution < 1.29 is 4.74 Å². The van der Waals surface area contributed by atoms with Crippen LogP contribution in [0.25, 0.3) is 0 Å². The molecule has 0 bridgehead atoms. The van der Waals surface area contributed by atoms with Crippen LogP contribution < -0.4 is 5.32 Å². The first-order valence-corrected chi connectivity index (χ1v) is 8.87. The molecule has 0 amide bonds. The molecule has 1 spiro atoms. The standard InChI is InChI=1S/C18H35NO/c1-14(2)12-19-13-15(3)16(4)17-7-10-20-18(11-17)8-5-6-9-18/h14-17,19H,5-13H2,1-4H3. The normalized spacial score (nSPS) is 28.9. The van der Waals surface area contributed by atoms with E-state index < -0.39 is 0 Å². The number of nitrogens with one attached hydrogen (secondary N) is 1. The lowest BCUT2D eigenvalue weighted by Crippen LogP contribution is -2.41. The minimum absolute atomic E-state index is 0.280. The van der Waals surface area contributed by atoms with Gasteiger partial charge in [-0.25, -0.2) is 0 Å². The van der Waals surface area contributed by atoms with Gasteiger partial charge in [-0.1, -0.05) is 40.5 Å². The highest BCUT2D eigenvalue weighted by Gasteiger charge is 2.41. The molecule has 0 aromatic heterocycles. The van der Waals surface area contributed by atoms with E-state index in [-0.39, 0.29) is 5.60 Å². The molecule has 3 unspecified atom stereocenters. The van der Waals surface area contributed by atoms with Gasteiger partial charge in [0.1, 0.15) is 0 Å². The van der Waals surface area contributed by atoms with Crippen molar-refractivity contribution in [3.05, 3.63) is 0 Å². The second-order valence-electron chi connectivity index (χ2n) is 7.88. The van der Waals surface area contributed by atoms with Crippen molar-refractivity contribution >= 4 is 0 Å². The van der Waals surface area contributed by atoms with Crippen molar-refractivity contribution in [2.45, 2.75) is 71.8 Å². The zero-order chi connectivity index (χ0) is 14.6. The van der Waals surface area contributed by atoms with Gasteiger partial charge in [0.15, 0.2) is 0 Å².